The summed E-state index contributed by atoms with van der Waals surface area (Å²) < 4.78 is 11.9. The van der Waals surface area contributed by atoms with E-state index in [1.165, 1.54) is 17.7 Å². The molecule has 1 aromatic carbocycles. The van der Waals surface area contributed by atoms with Gasteiger partial charge in [-0.05, 0) is 12.1 Å². The number of primary amides is 1. The Labute approximate surface area is 62.9 Å². The predicted octanol–water partition coefficient (Wildman–Crippen LogP) is 1.08. The molecule has 3 N–H and O–H groups in total. The van der Waals surface area contributed by atoms with E-state index in [0.29, 0.717) is 0 Å². The molecule has 0 atom stereocenters. The van der Waals surface area contributed by atoms with Crippen molar-refractivity contribution in [2.45, 2.75) is 0 Å². The summed E-state index contributed by atoms with van der Waals surface area (Å²) in [6, 6.07) is 6.10. The number of amides is 1. The van der Waals surface area contributed by atoms with Gasteiger partial charge >= 0.3 is 0 Å². The molecule has 0 spiro atoms. The van der Waals surface area contributed by atoms with E-state index < -0.39 is 5.91 Å². The normalized spacial score (nSPS) is 9.18. The Kier molecular flexibility index (Phi) is 2.06. The Morgan fingerprint density at radius 1 is 1.45 bits per heavy atom. The number of hydrogen-bond acceptors (Lipinski definition) is 2. The van der Waals surface area contributed by atoms with Crippen LogP contribution in [0.3, 0.4) is 0 Å². The number of carbonyl (C=O) groups is 1. The third-order valence-corrected chi connectivity index (χ3v) is 1.29. The lowest BCUT2D eigenvalue weighted by molar-refractivity contribution is 0.100. The molecule has 0 saturated heterocycles. The van der Waals surface area contributed by atoms with E-state index in [1.54, 1.807) is 12.1 Å². The molecule has 0 bridgehead atoms. The average Bonchev–Trinajstić information content (AvgIpc) is 2.04. The van der Waals surface area contributed by atoms with Crippen LogP contribution in [0, 0.1) is 0 Å². The molecule has 0 aliphatic carbocycles. The molecule has 0 aliphatic rings. The Bertz CT molecular complexity index is 275. The number of para-hydroxylation sites is 1. The monoisotopic (exact) mass is 154 g/mol. The summed E-state index contributed by atoms with van der Waals surface area (Å²) in [6.45, 7) is 0. The van der Waals surface area contributed by atoms with Crippen molar-refractivity contribution in [1.29, 1.82) is 0 Å². The standard InChI is InChI=1S/C7H7FN2O/c8-10-6-4-2-1-3-5(6)7(9)11/h1-4,10H,(H2,9,11). The maximum Gasteiger partial charge on any atom is 0.250 e. The SMILES string of the molecule is NC(=O)c1ccccc1NF. The van der Waals surface area contributed by atoms with E-state index >= 15 is 0 Å². The molecule has 1 aromatic rings. The van der Waals surface area contributed by atoms with Gasteiger partial charge in [-0.3, -0.25) is 4.79 Å². The molecule has 0 fully saturated rings. The number of anilines is 1. The second-order valence-electron chi connectivity index (χ2n) is 2.00. The molecule has 1 amide bonds. The van der Waals surface area contributed by atoms with Crippen molar-refractivity contribution in [3.05, 3.63) is 29.8 Å². The minimum absolute atomic E-state index is 0.0972. The van der Waals surface area contributed by atoms with Crippen molar-refractivity contribution >= 4 is 11.6 Å². The summed E-state index contributed by atoms with van der Waals surface area (Å²) >= 11 is 0. The molecule has 0 saturated carbocycles. The molecule has 0 aromatic heterocycles. The number of hydrogen-bond donors (Lipinski definition) is 2. The Hall–Kier alpha value is -1.58. The van der Waals surface area contributed by atoms with Crippen molar-refractivity contribution < 1.29 is 9.28 Å². The van der Waals surface area contributed by atoms with Gasteiger partial charge in [-0.25, -0.2) is 5.54 Å². The number of halogens is 1. The van der Waals surface area contributed by atoms with Gasteiger partial charge in [0.2, 0.25) is 0 Å². The first-order valence-electron chi connectivity index (χ1n) is 3.01. The van der Waals surface area contributed by atoms with E-state index in [9.17, 15) is 9.28 Å². The largest absolute Gasteiger partial charge is 0.366 e. The van der Waals surface area contributed by atoms with Crippen LogP contribution >= 0.6 is 0 Å². The van der Waals surface area contributed by atoms with Crippen molar-refractivity contribution in [1.82, 2.24) is 0 Å². The van der Waals surface area contributed by atoms with Crippen molar-refractivity contribution in [3.63, 3.8) is 0 Å². The van der Waals surface area contributed by atoms with Gasteiger partial charge in [0.05, 0.1) is 11.3 Å². The molecule has 11 heavy (non-hydrogen) atoms. The van der Waals surface area contributed by atoms with Gasteiger partial charge < -0.3 is 5.73 Å². The number of nitrogens with one attached hydrogen (secondary N) is 1. The molecule has 0 heterocycles. The number of benzene rings is 1. The van der Waals surface area contributed by atoms with Gasteiger partial charge in [0.1, 0.15) is 0 Å². The molecular weight excluding hydrogens is 147 g/mol. The first-order valence-corrected chi connectivity index (χ1v) is 3.01. The third kappa shape index (κ3) is 1.46. The highest BCUT2D eigenvalue weighted by Crippen LogP contribution is 2.13. The van der Waals surface area contributed by atoms with Crippen molar-refractivity contribution in [2.24, 2.45) is 5.73 Å². The number of nitrogens with two attached hydrogens (primary N) is 1. The topological polar surface area (TPSA) is 55.1 Å². The molecule has 0 aliphatic heterocycles. The molecule has 0 unspecified atom stereocenters. The van der Waals surface area contributed by atoms with E-state index in [2.05, 4.69) is 0 Å². The van der Waals surface area contributed by atoms with Crippen LogP contribution in [0.5, 0.6) is 0 Å². The minimum atomic E-state index is -0.647. The van der Waals surface area contributed by atoms with Gasteiger partial charge in [-0.2, -0.15) is 0 Å². The average molecular weight is 154 g/mol. The maximum absolute atomic E-state index is 11.9. The third-order valence-electron chi connectivity index (χ3n) is 1.29. The summed E-state index contributed by atoms with van der Waals surface area (Å²) in [5.74, 6) is -0.647. The fourth-order valence-electron chi connectivity index (χ4n) is 0.780. The summed E-state index contributed by atoms with van der Waals surface area (Å²) in [4.78, 5) is 10.6. The summed E-state index contributed by atoms with van der Waals surface area (Å²) in [6.07, 6.45) is 0. The van der Waals surface area contributed by atoms with E-state index in [1.807, 2.05) is 0 Å². The number of rotatable bonds is 2. The van der Waals surface area contributed by atoms with Crippen LogP contribution in [-0.4, -0.2) is 5.91 Å². The van der Waals surface area contributed by atoms with Gasteiger partial charge in [-0.15, -0.1) is 4.48 Å². The fraction of sp³-hybridized carbons (Fsp3) is 0. The molecule has 4 heteroatoms. The predicted molar refractivity (Wildman–Crippen MR) is 39.7 cm³/mol. The van der Waals surface area contributed by atoms with E-state index in [0.717, 1.165) is 0 Å². The van der Waals surface area contributed by atoms with Gasteiger partial charge in [-0.1, -0.05) is 12.1 Å². The van der Waals surface area contributed by atoms with Gasteiger partial charge in [0.25, 0.3) is 5.91 Å². The second kappa shape index (κ2) is 3.01. The minimum Gasteiger partial charge on any atom is -0.366 e. The molecule has 3 nitrogen and oxygen atoms in total. The summed E-state index contributed by atoms with van der Waals surface area (Å²) in [5.41, 5.74) is 6.57. The van der Waals surface area contributed by atoms with Gasteiger partial charge in [0.15, 0.2) is 0 Å². The molecule has 1 rings (SSSR count). The zero-order valence-electron chi connectivity index (χ0n) is 5.67. The van der Waals surface area contributed by atoms with Crippen molar-refractivity contribution in [3.8, 4) is 0 Å². The van der Waals surface area contributed by atoms with Crippen LogP contribution in [0.15, 0.2) is 24.3 Å². The van der Waals surface area contributed by atoms with Crippen LogP contribution in [0.4, 0.5) is 10.2 Å². The lowest BCUT2D eigenvalue weighted by Crippen LogP contribution is -2.12. The lowest BCUT2D eigenvalue weighted by Gasteiger charge is -2.00. The lowest BCUT2D eigenvalue weighted by atomic mass is 10.2. The second-order valence-corrected chi connectivity index (χ2v) is 2.00. The first-order chi connectivity index (χ1) is 5.25. The van der Waals surface area contributed by atoms with Crippen LogP contribution in [0.2, 0.25) is 0 Å². The summed E-state index contributed by atoms with van der Waals surface area (Å²) in [7, 11) is 0. The quantitative estimate of drug-likeness (QED) is 0.626. The van der Waals surface area contributed by atoms with Crippen LogP contribution in [0.25, 0.3) is 0 Å². The smallest absolute Gasteiger partial charge is 0.250 e. The zero-order chi connectivity index (χ0) is 8.27. The molecular formula is C7H7FN2O. The molecule has 58 valence electrons. The van der Waals surface area contributed by atoms with Crippen LogP contribution in [0.1, 0.15) is 10.4 Å². The summed E-state index contributed by atoms with van der Waals surface area (Å²) in [5, 5.41) is 0. The zero-order valence-corrected chi connectivity index (χ0v) is 5.67. The van der Waals surface area contributed by atoms with Crippen LogP contribution < -0.4 is 11.3 Å². The van der Waals surface area contributed by atoms with E-state index in [-0.39, 0.29) is 11.3 Å². The Morgan fingerprint density at radius 3 is 2.55 bits per heavy atom. The number of carbonyl (C=O) groups excluding carboxylic acids is 1. The fourth-order valence-corrected chi connectivity index (χ4v) is 0.780. The highest BCUT2D eigenvalue weighted by molar-refractivity contribution is 5.98. The van der Waals surface area contributed by atoms with Crippen LogP contribution in [-0.2, 0) is 0 Å². The van der Waals surface area contributed by atoms with Crippen molar-refractivity contribution in [2.75, 3.05) is 5.54 Å². The van der Waals surface area contributed by atoms with E-state index in [4.69, 9.17) is 5.73 Å². The van der Waals surface area contributed by atoms with Gasteiger partial charge in [0, 0.05) is 0 Å². The Balaban J connectivity index is 3.12. The Morgan fingerprint density at radius 2 is 2.09 bits per heavy atom. The molecule has 0 radical (unpaired) electrons. The highest BCUT2D eigenvalue weighted by Gasteiger charge is 2.04. The maximum atomic E-state index is 11.9. The highest BCUT2D eigenvalue weighted by atomic mass is 19.2. The first kappa shape index (κ1) is 7.53.